The van der Waals surface area contributed by atoms with Gasteiger partial charge in [0.2, 0.25) is 0 Å². The number of hydrogen-bond acceptors (Lipinski definition) is 18. The lowest BCUT2D eigenvalue weighted by Crippen LogP contribution is -2.41. The Bertz CT molecular complexity index is 2300. The molecular formula is C48H64O22S. The second-order valence-corrected chi connectivity index (χ2v) is 19.5. The fourth-order valence-electron chi connectivity index (χ4n) is 7.84. The summed E-state index contributed by atoms with van der Waals surface area (Å²) in [5.74, 6) is -13.1. The number of carbonyl (C=O) groups excluding carboxylic acids is 5. The largest absolute Gasteiger partial charge is 0.481 e. The Kier molecular flexibility index (Phi) is 23.0. The molecular weight excluding hydrogens is 961 g/mol. The van der Waals surface area contributed by atoms with Crippen LogP contribution in [0, 0.1) is 35.0 Å². The molecule has 1 aliphatic carbocycles. The first kappa shape index (κ1) is 59.3. The van der Waals surface area contributed by atoms with Gasteiger partial charge in [-0.3, -0.25) is 23.7 Å². The summed E-state index contributed by atoms with van der Waals surface area (Å²) in [5.41, 5.74) is -2.91. The van der Waals surface area contributed by atoms with Crippen LogP contribution in [-0.4, -0.2) is 143 Å². The normalized spacial score (nSPS) is 17.5. The summed E-state index contributed by atoms with van der Waals surface area (Å²) < 4.78 is 60.3. The van der Waals surface area contributed by atoms with E-state index in [4.69, 9.17) is 23.7 Å². The van der Waals surface area contributed by atoms with E-state index in [1.807, 2.05) is 0 Å². The number of carboxylic acids is 3. The van der Waals surface area contributed by atoms with Gasteiger partial charge in [0.05, 0.1) is 75.6 Å². The van der Waals surface area contributed by atoms with E-state index in [9.17, 15) is 82.0 Å². The molecule has 3 rings (SSSR count). The fraction of sp³-hybridized carbons (Fsp3) is 0.583. The standard InChI is InChI=1S/C48H64O22S/c1-5-29(40(52)53)16-33(41(54)55)14-27(3)15-34(42(56)57)17-30(6-2)43(58)67-25-48(23-49,24-50)26-68-44(59)31-8-7-9-32(18-31)46(61)69-28(4)22-66-45(60)35-19-36(21-39(20-35)71(63,64)65)47(62)70-38-12-10-37(51)11-13-38/h7-9,18-21,27-30,33-34,37-38,49-51H,5-6,10-17,22-26H2,1-4H3,(H,52,53)(H,54,55)(H,56,57)(H,63,64,65). The Hall–Kier alpha value is -6.01. The highest BCUT2D eigenvalue weighted by Crippen LogP contribution is 2.31. The number of benzene rings is 2. The van der Waals surface area contributed by atoms with Gasteiger partial charge in [-0.15, -0.1) is 0 Å². The molecule has 0 bridgehead atoms. The summed E-state index contributed by atoms with van der Waals surface area (Å²) in [6.07, 6.45) is -0.762. The molecule has 2 aromatic carbocycles. The molecule has 6 unspecified atom stereocenters. The Balaban J connectivity index is 1.59. The molecule has 0 amide bonds. The van der Waals surface area contributed by atoms with Crippen LogP contribution in [0.3, 0.4) is 0 Å². The summed E-state index contributed by atoms with van der Waals surface area (Å²) in [5, 5.41) is 59.3. The van der Waals surface area contributed by atoms with Gasteiger partial charge in [0.1, 0.15) is 32.0 Å². The summed E-state index contributed by atoms with van der Waals surface area (Å²) in [4.78, 5) is 100. The SMILES string of the molecule is CCC(CC(CC(C)CC(CC(CC)C(=O)OCC(CO)(CO)COC(=O)c1cccc(C(=O)OC(C)COC(=O)c2cc(C(=O)OC3CCC(O)CC3)cc(S(=O)(=O)O)c2)c1)C(=O)O)C(=O)O)C(=O)O. The molecule has 2 aromatic rings. The number of carboxylic acid groups (broad SMARTS) is 3. The van der Waals surface area contributed by atoms with Gasteiger partial charge in [0.15, 0.2) is 0 Å². The highest BCUT2D eigenvalue weighted by molar-refractivity contribution is 7.85. The van der Waals surface area contributed by atoms with Crippen molar-refractivity contribution in [3.8, 4) is 0 Å². The molecule has 0 saturated heterocycles. The average Bonchev–Trinajstić information content (AvgIpc) is 3.33. The maximum atomic E-state index is 13.3. The third kappa shape index (κ3) is 18.6. The van der Waals surface area contributed by atoms with Crippen LogP contribution in [0.5, 0.6) is 0 Å². The van der Waals surface area contributed by atoms with E-state index in [2.05, 4.69) is 0 Å². The third-order valence-electron chi connectivity index (χ3n) is 12.3. The van der Waals surface area contributed by atoms with Crippen LogP contribution in [-0.2, 0) is 53.0 Å². The molecule has 394 valence electrons. The second-order valence-electron chi connectivity index (χ2n) is 18.1. The molecule has 7 N–H and O–H groups in total. The zero-order valence-electron chi connectivity index (χ0n) is 39.9. The van der Waals surface area contributed by atoms with Crippen molar-refractivity contribution in [3.05, 3.63) is 64.7 Å². The zero-order valence-corrected chi connectivity index (χ0v) is 40.7. The molecule has 0 radical (unpaired) electrons. The Labute approximate surface area is 410 Å². The van der Waals surface area contributed by atoms with Crippen molar-refractivity contribution < 1.29 is 106 Å². The number of rotatable bonds is 29. The molecule has 0 aliphatic heterocycles. The quantitative estimate of drug-likeness (QED) is 0.0341. The third-order valence-corrected chi connectivity index (χ3v) is 13.1. The molecule has 22 nitrogen and oxygen atoms in total. The summed E-state index contributed by atoms with van der Waals surface area (Å²) >= 11 is 0. The van der Waals surface area contributed by atoms with Crippen molar-refractivity contribution in [2.75, 3.05) is 33.0 Å². The summed E-state index contributed by atoms with van der Waals surface area (Å²) in [6.45, 7) is 2.60. The van der Waals surface area contributed by atoms with Crippen LogP contribution in [0.15, 0.2) is 47.4 Å². The molecule has 1 saturated carbocycles. The van der Waals surface area contributed by atoms with Gasteiger partial charge < -0.3 is 54.3 Å². The van der Waals surface area contributed by atoms with E-state index >= 15 is 0 Å². The van der Waals surface area contributed by atoms with Crippen LogP contribution in [0.25, 0.3) is 0 Å². The maximum Gasteiger partial charge on any atom is 0.338 e. The molecule has 0 aromatic heterocycles. The van der Waals surface area contributed by atoms with E-state index in [-0.39, 0.29) is 55.2 Å². The van der Waals surface area contributed by atoms with Crippen molar-refractivity contribution in [2.45, 2.75) is 115 Å². The van der Waals surface area contributed by atoms with E-state index < -0.39 is 155 Å². The first-order valence-electron chi connectivity index (χ1n) is 23.1. The number of aliphatic hydroxyl groups is 3. The Morgan fingerprint density at radius 3 is 1.62 bits per heavy atom. The van der Waals surface area contributed by atoms with E-state index in [0.29, 0.717) is 25.7 Å². The van der Waals surface area contributed by atoms with Gasteiger partial charge >= 0.3 is 47.8 Å². The van der Waals surface area contributed by atoms with Gasteiger partial charge in [0, 0.05) is 0 Å². The number of hydrogen-bond donors (Lipinski definition) is 7. The van der Waals surface area contributed by atoms with E-state index in [1.165, 1.54) is 25.1 Å². The van der Waals surface area contributed by atoms with Crippen LogP contribution in [0.4, 0.5) is 0 Å². The summed E-state index contributed by atoms with van der Waals surface area (Å²) in [6, 6.07) is 7.58. The highest BCUT2D eigenvalue weighted by atomic mass is 32.2. The van der Waals surface area contributed by atoms with Crippen molar-refractivity contribution in [3.63, 3.8) is 0 Å². The van der Waals surface area contributed by atoms with Crippen molar-refractivity contribution in [2.24, 2.45) is 35.0 Å². The predicted octanol–water partition coefficient (Wildman–Crippen LogP) is 4.20. The molecule has 1 aliphatic rings. The lowest BCUT2D eigenvalue weighted by molar-refractivity contribution is -0.158. The van der Waals surface area contributed by atoms with Gasteiger partial charge in [0.25, 0.3) is 10.1 Å². The predicted molar refractivity (Wildman–Crippen MR) is 244 cm³/mol. The monoisotopic (exact) mass is 1020 g/mol. The molecule has 6 atom stereocenters. The van der Waals surface area contributed by atoms with Crippen LogP contribution in [0.2, 0.25) is 0 Å². The second kappa shape index (κ2) is 27.6. The van der Waals surface area contributed by atoms with Gasteiger partial charge in [-0.25, -0.2) is 19.2 Å². The number of esters is 5. The molecule has 23 heteroatoms. The van der Waals surface area contributed by atoms with E-state index in [0.717, 1.165) is 24.3 Å². The minimum Gasteiger partial charge on any atom is -0.481 e. The van der Waals surface area contributed by atoms with Gasteiger partial charge in [-0.05, 0) is 113 Å². The number of carbonyl (C=O) groups is 8. The van der Waals surface area contributed by atoms with Crippen LogP contribution < -0.4 is 0 Å². The molecule has 1 fully saturated rings. The molecule has 0 heterocycles. The van der Waals surface area contributed by atoms with Gasteiger partial charge in [-0.2, -0.15) is 8.42 Å². The number of aliphatic hydroxyl groups excluding tert-OH is 3. The Morgan fingerprint density at radius 2 is 1.11 bits per heavy atom. The van der Waals surface area contributed by atoms with Crippen LogP contribution in [0.1, 0.15) is 133 Å². The lowest BCUT2D eigenvalue weighted by atomic mass is 9.81. The topological polar surface area (TPSA) is 358 Å². The van der Waals surface area contributed by atoms with E-state index in [1.54, 1.807) is 20.8 Å². The van der Waals surface area contributed by atoms with Crippen molar-refractivity contribution in [1.29, 1.82) is 0 Å². The van der Waals surface area contributed by atoms with Crippen LogP contribution >= 0.6 is 0 Å². The number of aliphatic carboxylic acids is 3. The molecule has 71 heavy (non-hydrogen) atoms. The summed E-state index contributed by atoms with van der Waals surface area (Å²) in [7, 11) is -4.91. The molecule has 0 spiro atoms. The Morgan fingerprint density at radius 1 is 0.634 bits per heavy atom. The minimum absolute atomic E-state index is 0.00792. The fourth-order valence-corrected chi connectivity index (χ4v) is 8.39. The average molecular weight is 1030 g/mol. The number of ether oxygens (including phenoxy) is 5. The lowest BCUT2D eigenvalue weighted by Gasteiger charge is -2.29. The van der Waals surface area contributed by atoms with Gasteiger partial charge in [-0.1, -0.05) is 26.8 Å². The zero-order chi connectivity index (χ0) is 53.2. The first-order valence-corrected chi connectivity index (χ1v) is 24.5. The minimum atomic E-state index is -4.91. The van der Waals surface area contributed by atoms with Crippen molar-refractivity contribution in [1.82, 2.24) is 0 Å². The highest BCUT2D eigenvalue weighted by Gasteiger charge is 2.36. The van der Waals surface area contributed by atoms with Crippen molar-refractivity contribution >= 4 is 57.9 Å². The first-order chi connectivity index (χ1) is 33.3. The maximum absolute atomic E-state index is 13.3. The smallest absolute Gasteiger partial charge is 0.338 e.